The van der Waals surface area contributed by atoms with Crippen molar-refractivity contribution in [3.63, 3.8) is 0 Å². The Morgan fingerprint density at radius 2 is 1.96 bits per heavy atom. The highest BCUT2D eigenvalue weighted by atomic mass is 35.5. The van der Waals surface area contributed by atoms with Crippen LogP contribution >= 0.6 is 11.6 Å². The molecule has 1 amide bonds. The van der Waals surface area contributed by atoms with Crippen LogP contribution in [0.5, 0.6) is 0 Å². The van der Waals surface area contributed by atoms with Crippen LogP contribution in [0.25, 0.3) is 0 Å². The molecule has 1 aliphatic heterocycles. The van der Waals surface area contributed by atoms with E-state index in [1.807, 2.05) is 0 Å². The predicted molar refractivity (Wildman–Crippen MR) is 100 cm³/mol. The summed E-state index contributed by atoms with van der Waals surface area (Å²) in [6.45, 7) is 1.17. The number of halogens is 1. The largest absolute Gasteiger partial charge is 0.376 e. The Morgan fingerprint density at radius 1 is 1.19 bits per heavy atom. The van der Waals surface area contributed by atoms with Crippen LogP contribution in [0.2, 0.25) is 5.02 Å². The third kappa shape index (κ3) is 4.75. The first-order valence-electron chi connectivity index (χ1n) is 8.22. The van der Waals surface area contributed by atoms with Crippen LogP contribution in [0.4, 0.5) is 5.69 Å². The SMILES string of the molecule is O=C(NC[C@H]1CCCO1)c1cccc(NS(=O)(=O)c2ccc(Cl)cc2)c1. The number of benzene rings is 2. The van der Waals surface area contributed by atoms with E-state index < -0.39 is 10.0 Å². The summed E-state index contributed by atoms with van der Waals surface area (Å²) in [4.78, 5) is 12.4. The van der Waals surface area contributed by atoms with Crippen molar-refractivity contribution < 1.29 is 17.9 Å². The zero-order valence-corrected chi connectivity index (χ0v) is 15.5. The molecule has 1 atom stereocenters. The van der Waals surface area contributed by atoms with E-state index in [1.54, 1.807) is 18.2 Å². The molecule has 0 bridgehead atoms. The van der Waals surface area contributed by atoms with E-state index in [4.69, 9.17) is 16.3 Å². The molecule has 0 spiro atoms. The highest BCUT2D eigenvalue weighted by Gasteiger charge is 2.18. The lowest BCUT2D eigenvalue weighted by molar-refractivity contribution is 0.0858. The average molecular weight is 395 g/mol. The van der Waals surface area contributed by atoms with Crippen molar-refractivity contribution in [1.82, 2.24) is 5.32 Å². The van der Waals surface area contributed by atoms with Crippen molar-refractivity contribution in [3.8, 4) is 0 Å². The van der Waals surface area contributed by atoms with Crippen LogP contribution in [0.1, 0.15) is 23.2 Å². The van der Waals surface area contributed by atoms with E-state index in [-0.39, 0.29) is 16.9 Å². The monoisotopic (exact) mass is 394 g/mol. The van der Waals surface area contributed by atoms with Gasteiger partial charge in [0, 0.05) is 29.4 Å². The van der Waals surface area contributed by atoms with Gasteiger partial charge in [-0.15, -0.1) is 0 Å². The van der Waals surface area contributed by atoms with Gasteiger partial charge in [-0.1, -0.05) is 17.7 Å². The number of nitrogens with one attached hydrogen (secondary N) is 2. The molecule has 1 fully saturated rings. The van der Waals surface area contributed by atoms with Gasteiger partial charge in [0.15, 0.2) is 0 Å². The number of hydrogen-bond donors (Lipinski definition) is 2. The Morgan fingerprint density at radius 3 is 2.65 bits per heavy atom. The molecule has 1 aliphatic rings. The highest BCUT2D eigenvalue weighted by molar-refractivity contribution is 7.92. The third-order valence-corrected chi connectivity index (χ3v) is 5.66. The van der Waals surface area contributed by atoms with Gasteiger partial charge in [0.25, 0.3) is 15.9 Å². The third-order valence-electron chi connectivity index (χ3n) is 4.02. The second-order valence-electron chi connectivity index (χ2n) is 5.99. The van der Waals surface area contributed by atoms with E-state index in [9.17, 15) is 13.2 Å². The normalized spacial score (nSPS) is 17.0. The van der Waals surface area contributed by atoms with Gasteiger partial charge in [-0.3, -0.25) is 9.52 Å². The molecule has 1 saturated heterocycles. The molecule has 138 valence electrons. The number of rotatable bonds is 6. The molecule has 6 nitrogen and oxygen atoms in total. The summed E-state index contributed by atoms with van der Waals surface area (Å²) in [5.41, 5.74) is 0.684. The first-order chi connectivity index (χ1) is 12.4. The smallest absolute Gasteiger partial charge is 0.261 e. The van der Waals surface area contributed by atoms with Gasteiger partial charge in [-0.05, 0) is 55.3 Å². The number of carbonyl (C=O) groups excluding carboxylic acids is 1. The number of hydrogen-bond acceptors (Lipinski definition) is 4. The lowest BCUT2D eigenvalue weighted by atomic mass is 10.2. The minimum absolute atomic E-state index is 0.0468. The van der Waals surface area contributed by atoms with Crippen molar-refractivity contribution in [1.29, 1.82) is 0 Å². The van der Waals surface area contributed by atoms with E-state index >= 15 is 0 Å². The molecule has 2 aromatic carbocycles. The molecule has 0 aromatic heterocycles. The molecule has 0 radical (unpaired) electrons. The lowest BCUT2D eigenvalue weighted by Crippen LogP contribution is -2.31. The molecule has 3 rings (SSSR count). The number of sulfonamides is 1. The van der Waals surface area contributed by atoms with Crippen molar-refractivity contribution in [2.24, 2.45) is 0 Å². The predicted octanol–water partition coefficient (Wildman–Crippen LogP) is 3.05. The quantitative estimate of drug-likeness (QED) is 0.788. The van der Waals surface area contributed by atoms with Crippen LogP contribution in [0.3, 0.4) is 0 Å². The topological polar surface area (TPSA) is 84.5 Å². The maximum atomic E-state index is 12.4. The first-order valence-corrected chi connectivity index (χ1v) is 10.1. The fourth-order valence-electron chi connectivity index (χ4n) is 2.67. The summed E-state index contributed by atoms with van der Waals surface area (Å²) in [6.07, 6.45) is 1.98. The second-order valence-corrected chi connectivity index (χ2v) is 8.10. The molecule has 2 aromatic rings. The summed E-state index contributed by atoms with van der Waals surface area (Å²) in [6, 6.07) is 12.2. The molecular weight excluding hydrogens is 376 g/mol. The van der Waals surface area contributed by atoms with Gasteiger partial charge in [0.2, 0.25) is 0 Å². The number of ether oxygens (including phenoxy) is 1. The van der Waals surface area contributed by atoms with Gasteiger partial charge >= 0.3 is 0 Å². The molecule has 26 heavy (non-hydrogen) atoms. The fraction of sp³-hybridized carbons (Fsp3) is 0.278. The van der Waals surface area contributed by atoms with Crippen molar-refractivity contribution in [2.75, 3.05) is 17.9 Å². The molecule has 0 unspecified atom stereocenters. The second kappa shape index (κ2) is 8.07. The molecule has 0 aliphatic carbocycles. The van der Waals surface area contributed by atoms with Crippen LogP contribution in [0, 0.1) is 0 Å². The minimum Gasteiger partial charge on any atom is -0.376 e. The zero-order valence-electron chi connectivity index (χ0n) is 13.9. The standard InChI is InChI=1S/C18H19ClN2O4S/c19-14-6-8-17(9-7-14)26(23,24)21-15-4-1-3-13(11-15)18(22)20-12-16-5-2-10-25-16/h1,3-4,6-9,11,16,21H,2,5,10,12H2,(H,20,22)/t16-/m1/s1. The molecule has 0 saturated carbocycles. The van der Waals surface area contributed by atoms with Crippen LogP contribution < -0.4 is 10.0 Å². The summed E-state index contributed by atoms with van der Waals surface area (Å²) in [5, 5.41) is 3.27. The van der Waals surface area contributed by atoms with Crippen LogP contribution in [-0.4, -0.2) is 33.6 Å². The van der Waals surface area contributed by atoms with Crippen LogP contribution in [-0.2, 0) is 14.8 Å². The zero-order chi connectivity index (χ0) is 18.6. The van der Waals surface area contributed by atoms with Crippen molar-refractivity contribution >= 4 is 33.2 Å². The van der Waals surface area contributed by atoms with Gasteiger partial charge < -0.3 is 10.1 Å². The van der Waals surface area contributed by atoms with Gasteiger partial charge in [-0.2, -0.15) is 0 Å². The van der Waals surface area contributed by atoms with Crippen molar-refractivity contribution in [3.05, 3.63) is 59.1 Å². The summed E-state index contributed by atoms with van der Waals surface area (Å²) in [5.74, 6) is -0.270. The molecular formula is C18H19ClN2O4S. The molecule has 2 N–H and O–H groups in total. The number of amides is 1. The molecule has 8 heteroatoms. The molecule has 1 heterocycles. The Bertz CT molecular complexity index is 878. The summed E-state index contributed by atoms with van der Waals surface area (Å²) >= 11 is 5.79. The van der Waals surface area contributed by atoms with Crippen LogP contribution in [0.15, 0.2) is 53.4 Å². The Labute approximate surface area is 157 Å². The van der Waals surface area contributed by atoms with Crippen molar-refractivity contribution in [2.45, 2.75) is 23.8 Å². The van der Waals surface area contributed by atoms with Gasteiger partial charge in [-0.25, -0.2) is 8.42 Å². The van der Waals surface area contributed by atoms with Gasteiger partial charge in [0.05, 0.1) is 11.0 Å². The Kier molecular flexibility index (Phi) is 5.80. The van der Waals surface area contributed by atoms with E-state index in [1.165, 1.54) is 30.3 Å². The number of anilines is 1. The lowest BCUT2D eigenvalue weighted by Gasteiger charge is -2.12. The maximum absolute atomic E-state index is 12.4. The number of carbonyl (C=O) groups is 1. The highest BCUT2D eigenvalue weighted by Crippen LogP contribution is 2.19. The first kappa shape index (κ1) is 18.7. The summed E-state index contributed by atoms with van der Waals surface area (Å²) in [7, 11) is -3.76. The minimum atomic E-state index is -3.76. The summed E-state index contributed by atoms with van der Waals surface area (Å²) < 4.78 is 32.8. The van der Waals surface area contributed by atoms with E-state index in [2.05, 4.69) is 10.0 Å². The fourth-order valence-corrected chi connectivity index (χ4v) is 3.84. The van der Waals surface area contributed by atoms with Gasteiger partial charge in [0.1, 0.15) is 0 Å². The Hall–Kier alpha value is -2.09. The Balaban J connectivity index is 1.68. The van der Waals surface area contributed by atoms with E-state index in [0.29, 0.717) is 22.8 Å². The average Bonchev–Trinajstić information content (AvgIpc) is 3.13. The maximum Gasteiger partial charge on any atom is 0.261 e. The van der Waals surface area contributed by atoms with E-state index in [0.717, 1.165) is 19.4 Å².